The zero-order chi connectivity index (χ0) is 7.44. The van der Waals surface area contributed by atoms with Crippen molar-refractivity contribution in [3.05, 3.63) is 0 Å². The lowest BCUT2D eigenvalue weighted by atomic mass is 10.3. The number of nitrogens with two attached hydrogens (primary N) is 1. The van der Waals surface area contributed by atoms with Crippen LogP contribution in [-0.2, 0) is 0 Å². The maximum Gasteiger partial charge on any atom is 0.151 e. The molecule has 0 rings (SSSR count). The van der Waals surface area contributed by atoms with E-state index in [-0.39, 0.29) is 5.84 Å². The minimum atomic E-state index is -0.792. The van der Waals surface area contributed by atoms with E-state index in [4.69, 9.17) is 16.4 Å². The summed E-state index contributed by atoms with van der Waals surface area (Å²) >= 11 is 0. The van der Waals surface area contributed by atoms with Crippen molar-refractivity contribution in [2.45, 2.75) is 6.04 Å². The number of amidine groups is 1. The van der Waals surface area contributed by atoms with Gasteiger partial charge in [-0.1, -0.05) is 0 Å². The van der Waals surface area contributed by atoms with E-state index in [1.54, 1.807) is 20.2 Å². The summed E-state index contributed by atoms with van der Waals surface area (Å²) in [6.07, 6.45) is 0. The molecule has 0 aromatic heterocycles. The van der Waals surface area contributed by atoms with Crippen molar-refractivity contribution in [1.29, 1.82) is 10.7 Å². The molecule has 0 fully saturated rings. The molecule has 0 aliphatic carbocycles. The van der Waals surface area contributed by atoms with Crippen LogP contribution in [0.3, 0.4) is 0 Å². The molecule has 0 aromatic carbocycles. The second-order valence-corrected chi connectivity index (χ2v) is 1.89. The summed E-state index contributed by atoms with van der Waals surface area (Å²) in [6.45, 7) is 0. The molecule has 3 N–H and O–H groups in total. The van der Waals surface area contributed by atoms with E-state index in [2.05, 4.69) is 0 Å². The molecular formula is C5H10N4. The molecule has 4 nitrogen and oxygen atoms in total. The van der Waals surface area contributed by atoms with Crippen LogP contribution >= 0.6 is 0 Å². The number of rotatable bonds is 1. The average molecular weight is 126 g/mol. The van der Waals surface area contributed by atoms with Gasteiger partial charge in [0.2, 0.25) is 0 Å². The highest BCUT2D eigenvalue weighted by molar-refractivity contribution is 5.86. The number of likely N-dealkylation sites (N-methyl/N-ethyl adjacent to an activating group) is 1. The van der Waals surface area contributed by atoms with E-state index in [0.29, 0.717) is 0 Å². The number of nitrogens with zero attached hydrogens (tertiary/aromatic N) is 2. The van der Waals surface area contributed by atoms with Crippen LogP contribution in [0, 0.1) is 16.7 Å². The van der Waals surface area contributed by atoms with Crippen molar-refractivity contribution in [2.75, 3.05) is 14.1 Å². The Balaban J connectivity index is 3.92. The predicted octanol–water partition coefficient (Wildman–Crippen LogP) is -0.624. The molecule has 0 bridgehead atoms. The van der Waals surface area contributed by atoms with Crippen LogP contribution in [0.2, 0.25) is 0 Å². The van der Waals surface area contributed by atoms with E-state index in [0.717, 1.165) is 0 Å². The summed E-state index contributed by atoms with van der Waals surface area (Å²) in [7, 11) is 3.36. The van der Waals surface area contributed by atoms with Crippen LogP contribution in [0.25, 0.3) is 0 Å². The van der Waals surface area contributed by atoms with Gasteiger partial charge in [0, 0.05) is 14.1 Å². The summed E-state index contributed by atoms with van der Waals surface area (Å²) in [6, 6.07) is 0.966. The highest BCUT2D eigenvalue weighted by atomic mass is 15.1. The first-order valence-corrected chi connectivity index (χ1v) is 2.50. The van der Waals surface area contributed by atoms with E-state index in [1.165, 1.54) is 4.90 Å². The smallest absolute Gasteiger partial charge is 0.151 e. The summed E-state index contributed by atoms with van der Waals surface area (Å²) < 4.78 is 0. The second-order valence-electron chi connectivity index (χ2n) is 1.89. The SMILES string of the molecule is CN(C)C(=N)C(N)C#N. The zero-order valence-electron chi connectivity index (χ0n) is 5.55. The van der Waals surface area contributed by atoms with E-state index >= 15 is 0 Å². The molecule has 0 aliphatic rings. The standard InChI is InChI=1S/C5H10N4/c1-9(2)5(8)4(7)3-6/h4,8H,7H2,1-2H3. The Morgan fingerprint density at radius 2 is 2.22 bits per heavy atom. The number of nitriles is 1. The molecule has 0 heterocycles. The van der Waals surface area contributed by atoms with Crippen LogP contribution in [0.5, 0.6) is 0 Å². The predicted molar refractivity (Wildman–Crippen MR) is 35.0 cm³/mol. The fourth-order valence-corrected chi connectivity index (χ4v) is 0.339. The number of hydrogen-bond donors (Lipinski definition) is 2. The molecule has 0 aromatic rings. The van der Waals surface area contributed by atoms with Crippen molar-refractivity contribution in [3.63, 3.8) is 0 Å². The maximum absolute atomic E-state index is 8.21. The third kappa shape index (κ3) is 2.11. The highest BCUT2D eigenvalue weighted by Gasteiger charge is 2.07. The molecule has 1 unspecified atom stereocenters. The lowest BCUT2D eigenvalue weighted by Crippen LogP contribution is -2.37. The lowest BCUT2D eigenvalue weighted by molar-refractivity contribution is 0.596. The van der Waals surface area contributed by atoms with Gasteiger partial charge < -0.3 is 10.6 Å². The largest absolute Gasteiger partial charge is 0.364 e. The molecule has 0 saturated carbocycles. The lowest BCUT2D eigenvalue weighted by Gasteiger charge is -2.13. The maximum atomic E-state index is 8.21. The van der Waals surface area contributed by atoms with Crippen molar-refractivity contribution in [1.82, 2.24) is 4.90 Å². The van der Waals surface area contributed by atoms with E-state index in [9.17, 15) is 0 Å². The van der Waals surface area contributed by atoms with Crippen LogP contribution in [-0.4, -0.2) is 30.9 Å². The minimum absolute atomic E-state index is 0.137. The van der Waals surface area contributed by atoms with Crippen molar-refractivity contribution < 1.29 is 0 Å². The fraction of sp³-hybridized carbons (Fsp3) is 0.600. The molecule has 0 radical (unpaired) electrons. The first-order valence-electron chi connectivity index (χ1n) is 2.50. The molecule has 0 spiro atoms. The van der Waals surface area contributed by atoms with Gasteiger partial charge in [-0.25, -0.2) is 0 Å². The summed E-state index contributed by atoms with van der Waals surface area (Å²) in [5.41, 5.74) is 5.19. The highest BCUT2D eigenvalue weighted by Crippen LogP contribution is 1.82. The Morgan fingerprint density at radius 1 is 1.78 bits per heavy atom. The first-order chi connectivity index (χ1) is 4.09. The Labute approximate surface area is 54.4 Å². The van der Waals surface area contributed by atoms with Crippen LogP contribution in [0.15, 0.2) is 0 Å². The van der Waals surface area contributed by atoms with Crippen LogP contribution in [0.4, 0.5) is 0 Å². The van der Waals surface area contributed by atoms with Gasteiger partial charge in [0.05, 0.1) is 6.07 Å². The average Bonchev–Trinajstić information content (AvgIpc) is 1.84. The topological polar surface area (TPSA) is 76.9 Å². The second kappa shape index (κ2) is 3.05. The quantitative estimate of drug-likeness (QED) is 0.363. The molecule has 4 heteroatoms. The fourth-order valence-electron chi connectivity index (χ4n) is 0.339. The third-order valence-electron chi connectivity index (χ3n) is 0.915. The zero-order valence-corrected chi connectivity index (χ0v) is 5.55. The Morgan fingerprint density at radius 3 is 2.33 bits per heavy atom. The third-order valence-corrected chi connectivity index (χ3v) is 0.915. The molecule has 0 aliphatic heterocycles. The van der Waals surface area contributed by atoms with Crippen LogP contribution in [0.1, 0.15) is 0 Å². The van der Waals surface area contributed by atoms with Crippen molar-refractivity contribution >= 4 is 5.84 Å². The van der Waals surface area contributed by atoms with Gasteiger partial charge >= 0.3 is 0 Å². The molecule has 9 heavy (non-hydrogen) atoms. The van der Waals surface area contributed by atoms with Crippen molar-refractivity contribution in [2.24, 2.45) is 5.73 Å². The van der Waals surface area contributed by atoms with Crippen molar-refractivity contribution in [3.8, 4) is 6.07 Å². The van der Waals surface area contributed by atoms with E-state index < -0.39 is 6.04 Å². The van der Waals surface area contributed by atoms with Gasteiger partial charge in [0.1, 0.15) is 5.84 Å². The number of hydrogen-bond acceptors (Lipinski definition) is 3. The monoisotopic (exact) mass is 126 g/mol. The van der Waals surface area contributed by atoms with Gasteiger partial charge in [0.25, 0.3) is 0 Å². The molecule has 1 atom stereocenters. The first kappa shape index (κ1) is 7.92. The molecule has 0 amide bonds. The van der Waals surface area contributed by atoms with Gasteiger partial charge in [-0.2, -0.15) is 5.26 Å². The normalized spacial score (nSPS) is 11.8. The number of nitrogens with one attached hydrogen (secondary N) is 1. The molecular weight excluding hydrogens is 116 g/mol. The Bertz CT molecular complexity index is 144. The summed E-state index contributed by atoms with van der Waals surface area (Å²) in [5.74, 6) is 0.137. The molecule has 50 valence electrons. The summed E-state index contributed by atoms with van der Waals surface area (Å²) in [5, 5.41) is 15.3. The minimum Gasteiger partial charge on any atom is -0.364 e. The van der Waals surface area contributed by atoms with Gasteiger partial charge in [-0.3, -0.25) is 5.41 Å². The Hall–Kier alpha value is -1.08. The van der Waals surface area contributed by atoms with Gasteiger partial charge in [-0.05, 0) is 0 Å². The Kier molecular flexibility index (Phi) is 2.68. The van der Waals surface area contributed by atoms with E-state index in [1.807, 2.05) is 0 Å². The molecule has 0 saturated heterocycles. The van der Waals surface area contributed by atoms with Gasteiger partial charge in [0.15, 0.2) is 6.04 Å². The van der Waals surface area contributed by atoms with Crippen LogP contribution < -0.4 is 5.73 Å². The summed E-state index contributed by atoms with van der Waals surface area (Å²) in [4.78, 5) is 1.51. The van der Waals surface area contributed by atoms with Gasteiger partial charge in [-0.15, -0.1) is 0 Å².